The molecule has 0 radical (unpaired) electrons. The summed E-state index contributed by atoms with van der Waals surface area (Å²) in [5.41, 5.74) is 6.44. The van der Waals surface area contributed by atoms with E-state index in [0.29, 0.717) is 0 Å². The first kappa shape index (κ1) is 18.0. The minimum Gasteiger partial charge on any atom is -0.338 e. The third kappa shape index (κ3) is 2.79. The van der Waals surface area contributed by atoms with Crippen LogP contribution in [0.3, 0.4) is 0 Å². The van der Waals surface area contributed by atoms with Crippen molar-refractivity contribution in [1.82, 2.24) is 29.7 Å². The normalized spacial score (nSPS) is 11.7. The van der Waals surface area contributed by atoms with Crippen molar-refractivity contribution < 1.29 is 4.39 Å². The average molecular weight is 428 g/mol. The van der Waals surface area contributed by atoms with Crippen molar-refractivity contribution in [2.24, 2.45) is 7.05 Å². The summed E-state index contributed by atoms with van der Waals surface area (Å²) in [5.74, 6) is 0.960. The van der Waals surface area contributed by atoms with Crippen LogP contribution in [-0.2, 0) is 7.05 Å². The van der Waals surface area contributed by atoms with E-state index in [4.69, 9.17) is 0 Å². The number of thiophene rings is 1. The number of hydrogen-bond donors (Lipinski definition) is 2. The van der Waals surface area contributed by atoms with Gasteiger partial charge in [0.15, 0.2) is 5.13 Å². The van der Waals surface area contributed by atoms with Crippen LogP contribution in [0.5, 0.6) is 0 Å². The van der Waals surface area contributed by atoms with Crippen molar-refractivity contribution >= 4 is 33.3 Å². The zero-order valence-electron chi connectivity index (χ0n) is 16.8. The van der Waals surface area contributed by atoms with Gasteiger partial charge in [0.2, 0.25) is 0 Å². The summed E-state index contributed by atoms with van der Waals surface area (Å²) in [7, 11) is 2.01. The maximum Gasteiger partial charge on any atom is 0.176 e. The first-order valence-corrected chi connectivity index (χ1v) is 10.6. The van der Waals surface area contributed by atoms with Crippen LogP contribution in [0, 0.1) is 12.1 Å². The minimum atomic E-state index is -0.202. The fourth-order valence-electron chi connectivity index (χ4n) is 3.98. The van der Waals surface area contributed by atoms with Crippen LogP contribution in [0.2, 0.25) is 0 Å². The maximum absolute atomic E-state index is 13.6. The van der Waals surface area contributed by atoms with Gasteiger partial charge in [-0.2, -0.15) is 9.49 Å². The summed E-state index contributed by atoms with van der Waals surface area (Å²) in [6.45, 7) is 1.99. The Morgan fingerprint density at radius 3 is 2.71 bits per heavy atom. The molecule has 0 bridgehead atoms. The number of aryl methyl sites for hydroxylation is 1. The molecule has 152 valence electrons. The Bertz CT molecular complexity index is 1580. The van der Waals surface area contributed by atoms with E-state index >= 15 is 0 Å². The summed E-state index contributed by atoms with van der Waals surface area (Å²) in [5, 5.41) is 9.43. The topological polar surface area (TPSA) is 75.2 Å². The summed E-state index contributed by atoms with van der Waals surface area (Å²) in [6, 6.07) is 13.5. The Hall–Kier alpha value is -3.78. The minimum absolute atomic E-state index is 0.202. The molecular formula is C23H17FN6S. The maximum atomic E-state index is 13.6. The van der Waals surface area contributed by atoms with E-state index in [1.165, 1.54) is 6.07 Å². The second-order valence-corrected chi connectivity index (χ2v) is 8.52. The summed E-state index contributed by atoms with van der Waals surface area (Å²) in [4.78, 5) is 13.1. The van der Waals surface area contributed by atoms with E-state index in [1.54, 1.807) is 12.3 Å². The van der Waals surface area contributed by atoms with E-state index in [2.05, 4.69) is 41.8 Å². The van der Waals surface area contributed by atoms with Crippen LogP contribution < -0.4 is 0 Å². The van der Waals surface area contributed by atoms with Crippen molar-refractivity contribution in [3.05, 3.63) is 65.8 Å². The molecule has 0 spiro atoms. The van der Waals surface area contributed by atoms with Gasteiger partial charge in [-0.3, -0.25) is 5.10 Å². The molecule has 5 heterocycles. The molecule has 6 aromatic rings. The van der Waals surface area contributed by atoms with Gasteiger partial charge in [-0.15, -0.1) is 11.3 Å². The number of H-pyrrole nitrogens is 2. The molecule has 8 heteroatoms. The fraction of sp³-hybridized carbons (Fsp3) is 0.0870. The third-order valence-electron chi connectivity index (χ3n) is 5.70. The first-order chi connectivity index (χ1) is 15.1. The number of halogens is 1. The molecule has 31 heavy (non-hydrogen) atoms. The smallest absolute Gasteiger partial charge is 0.176 e. The number of aromatic amines is 2. The van der Waals surface area contributed by atoms with Crippen molar-refractivity contribution in [1.29, 1.82) is 0 Å². The monoisotopic (exact) mass is 428 g/mol. The van der Waals surface area contributed by atoms with Gasteiger partial charge in [0.1, 0.15) is 17.2 Å². The second-order valence-electron chi connectivity index (χ2n) is 7.49. The first-order valence-electron chi connectivity index (χ1n) is 9.79. The second kappa shape index (κ2) is 6.61. The third-order valence-corrected chi connectivity index (χ3v) is 6.61. The van der Waals surface area contributed by atoms with E-state index in [0.717, 1.165) is 72.2 Å². The van der Waals surface area contributed by atoms with Crippen molar-refractivity contribution in [3.8, 4) is 33.1 Å². The molecule has 6 nitrogen and oxygen atoms in total. The van der Waals surface area contributed by atoms with Gasteiger partial charge in [-0.1, -0.05) is 6.07 Å². The van der Waals surface area contributed by atoms with Crippen LogP contribution in [0.15, 0.2) is 54.9 Å². The zero-order valence-corrected chi connectivity index (χ0v) is 17.6. The number of nitrogens with zero attached hydrogens (tertiary/aromatic N) is 4. The fourth-order valence-corrected chi connectivity index (χ4v) is 4.75. The molecule has 0 aliphatic heterocycles. The van der Waals surface area contributed by atoms with Crippen LogP contribution >= 0.6 is 11.3 Å². The van der Waals surface area contributed by atoms with Gasteiger partial charge in [0, 0.05) is 40.0 Å². The van der Waals surface area contributed by atoms with Gasteiger partial charge in [-0.25, -0.2) is 9.97 Å². The Kier molecular flexibility index (Phi) is 3.85. The van der Waals surface area contributed by atoms with Crippen molar-refractivity contribution in [3.63, 3.8) is 0 Å². The Morgan fingerprint density at radius 1 is 1.03 bits per heavy atom. The molecule has 0 aliphatic rings. The van der Waals surface area contributed by atoms with Crippen molar-refractivity contribution in [2.75, 3.05) is 0 Å². The van der Waals surface area contributed by atoms with Gasteiger partial charge in [0.25, 0.3) is 0 Å². The number of benzene rings is 1. The number of imidazole rings is 1. The van der Waals surface area contributed by atoms with Gasteiger partial charge >= 0.3 is 0 Å². The van der Waals surface area contributed by atoms with E-state index in [1.807, 2.05) is 38.4 Å². The molecule has 6 rings (SSSR count). The number of pyridine rings is 1. The molecule has 1 aromatic carbocycles. The molecular weight excluding hydrogens is 411 g/mol. The molecule has 2 N–H and O–H groups in total. The van der Waals surface area contributed by atoms with E-state index in [9.17, 15) is 4.39 Å². The van der Waals surface area contributed by atoms with Crippen LogP contribution in [-0.4, -0.2) is 29.7 Å². The van der Waals surface area contributed by atoms with Crippen LogP contribution in [0.1, 0.15) is 5.82 Å². The van der Waals surface area contributed by atoms with Gasteiger partial charge < -0.3 is 9.55 Å². The number of rotatable bonds is 3. The molecule has 0 aliphatic carbocycles. The lowest BCUT2D eigenvalue weighted by Crippen LogP contribution is -1.94. The van der Waals surface area contributed by atoms with E-state index in [-0.39, 0.29) is 5.13 Å². The summed E-state index contributed by atoms with van der Waals surface area (Å²) < 4.78 is 15.7. The zero-order chi connectivity index (χ0) is 21.1. The molecule has 5 aromatic heterocycles. The average Bonchev–Trinajstić information content (AvgIpc) is 3.54. The number of aromatic nitrogens is 6. The van der Waals surface area contributed by atoms with E-state index < -0.39 is 0 Å². The van der Waals surface area contributed by atoms with Crippen molar-refractivity contribution in [2.45, 2.75) is 6.92 Å². The molecule has 0 saturated carbocycles. The Morgan fingerprint density at radius 2 is 1.94 bits per heavy atom. The largest absolute Gasteiger partial charge is 0.338 e. The molecule has 0 atom stereocenters. The highest BCUT2D eigenvalue weighted by molar-refractivity contribution is 7.14. The lowest BCUT2D eigenvalue weighted by molar-refractivity contribution is 0.657. The predicted molar refractivity (Wildman–Crippen MR) is 121 cm³/mol. The SMILES string of the molecule is Cc1ncc(-c2ccc3[nH]nc(-c4cc5c(-c6ccc(F)s6)ccnc5[nH]4)c3c2)n1C. The highest BCUT2D eigenvalue weighted by Gasteiger charge is 2.16. The standard InChI is InChI=1S/C23H17FN6S/c1-12-26-11-19(30(12)2)13-3-4-17-16(9-13)22(29-28-17)18-10-15-14(7-8-25-23(15)27-18)20-5-6-21(24)31-20/h3-11H,1-2H3,(H,25,27)(H,28,29). The van der Waals surface area contributed by atoms with Crippen LogP contribution in [0.25, 0.3) is 55.0 Å². The Balaban J connectivity index is 1.52. The lowest BCUT2D eigenvalue weighted by atomic mass is 10.1. The molecule has 0 amide bonds. The summed E-state index contributed by atoms with van der Waals surface area (Å²) >= 11 is 1.13. The number of fused-ring (bicyclic) bond motifs is 2. The van der Waals surface area contributed by atoms with Gasteiger partial charge in [-0.05, 0) is 43.3 Å². The quantitative estimate of drug-likeness (QED) is 0.381. The van der Waals surface area contributed by atoms with Gasteiger partial charge in [0.05, 0.1) is 23.1 Å². The molecule has 0 fully saturated rings. The van der Waals surface area contributed by atoms with Crippen LogP contribution in [0.4, 0.5) is 4.39 Å². The summed E-state index contributed by atoms with van der Waals surface area (Å²) in [6.07, 6.45) is 3.62. The number of hydrogen-bond acceptors (Lipinski definition) is 4. The highest BCUT2D eigenvalue weighted by atomic mass is 32.1. The molecule has 0 unspecified atom stereocenters. The molecule has 0 saturated heterocycles. The highest BCUT2D eigenvalue weighted by Crippen LogP contribution is 2.36. The Labute approximate surface area is 180 Å². The lowest BCUT2D eigenvalue weighted by Gasteiger charge is -2.04. The predicted octanol–water partition coefficient (Wildman–Crippen LogP) is 5.68. The number of nitrogens with one attached hydrogen (secondary N) is 2.